The Bertz CT molecular complexity index is 498. The standard InChI is InChI=1S/C18H33ClN2O5S/c1-5-6-7-10-8-21(3)12(10)17(25)20-11(9(2)19)16-14(23)13(22)15(24)18(26-16)27-4/h9-16,18,22-24H,5-8H2,1-4H3,(H,20,25)/t9-,10-,11+,12-,13-,14+,15+,16+,18+/m0/s1. The number of aliphatic hydroxyl groups excluding tert-OH is 3. The maximum absolute atomic E-state index is 12.9. The van der Waals surface area contributed by atoms with E-state index >= 15 is 0 Å². The van der Waals surface area contributed by atoms with Crippen LogP contribution in [0.25, 0.3) is 0 Å². The lowest BCUT2D eigenvalue weighted by Crippen LogP contribution is -2.67. The Balaban J connectivity index is 2.09. The van der Waals surface area contributed by atoms with Gasteiger partial charge in [-0.25, -0.2) is 0 Å². The molecule has 0 bridgehead atoms. The molecular weight excluding hydrogens is 392 g/mol. The average molecular weight is 425 g/mol. The van der Waals surface area contributed by atoms with Crippen LogP contribution in [0, 0.1) is 5.92 Å². The summed E-state index contributed by atoms with van der Waals surface area (Å²) < 4.78 is 5.80. The summed E-state index contributed by atoms with van der Waals surface area (Å²) in [6.45, 7) is 4.74. The first-order valence-electron chi connectivity index (χ1n) is 9.60. The van der Waals surface area contributed by atoms with Gasteiger partial charge in [0.25, 0.3) is 0 Å². The number of rotatable bonds is 8. The summed E-state index contributed by atoms with van der Waals surface area (Å²) in [5.74, 6) is 0.171. The van der Waals surface area contributed by atoms with E-state index in [1.54, 1.807) is 13.2 Å². The molecule has 0 unspecified atom stereocenters. The third kappa shape index (κ3) is 5.10. The summed E-state index contributed by atoms with van der Waals surface area (Å²) in [6.07, 6.45) is 0.109. The SMILES string of the molecule is CCCC[C@H]1CN(C)[C@@H]1C(=O)N[C@@H]([C@H]1O[C@H](SC)[C@H](O)[C@@H](O)[C@H]1O)[C@H](C)Cl. The number of amides is 1. The zero-order valence-corrected chi connectivity index (χ0v) is 18.0. The number of carbonyl (C=O) groups is 1. The minimum Gasteiger partial charge on any atom is -0.388 e. The highest BCUT2D eigenvalue weighted by Crippen LogP contribution is 2.32. The van der Waals surface area contributed by atoms with E-state index < -0.39 is 41.3 Å². The summed E-state index contributed by atoms with van der Waals surface area (Å²) in [6, 6.07) is -0.908. The van der Waals surface area contributed by atoms with E-state index in [1.807, 2.05) is 11.9 Å². The molecule has 2 aliphatic rings. The van der Waals surface area contributed by atoms with Crippen molar-refractivity contribution < 1.29 is 24.9 Å². The Hall–Kier alpha value is -0.0900. The minimum absolute atomic E-state index is 0.139. The van der Waals surface area contributed by atoms with Gasteiger partial charge in [0.1, 0.15) is 29.9 Å². The number of nitrogens with one attached hydrogen (secondary N) is 1. The lowest BCUT2D eigenvalue weighted by molar-refractivity contribution is -0.205. The van der Waals surface area contributed by atoms with Crippen LogP contribution in [-0.4, -0.2) is 93.3 Å². The molecule has 0 aliphatic carbocycles. The number of carbonyl (C=O) groups excluding carboxylic acids is 1. The second-order valence-corrected chi connectivity index (χ2v) is 9.30. The van der Waals surface area contributed by atoms with Crippen molar-refractivity contribution in [2.45, 2.75) is 80.4 Å². The first-order chi connectivity index (χ1) is 12.7. The lowest BCUT2D eigenvalue weighted by atomic mass is 9.84. The molecule has 2 aliphatic heterocycles. The van der Waals surface area contributed by atoms with E-state index in [0.29, 0.717) is 5.92 Å². The Morgan fingerprint density at radius 1 is 1.33 bits per heavy atom. The van der Waals surface area contributed by atoms with Crippen LogP contribution in [0.3, 0.4) is 0 Å². The number of nitrogens with zero attached hydrogens (tertiary/aromatic N) is 1. The first kappa shape index (κ1) is 23.2. The van der Waals surface area contributed by atoms with Gasteiger partial charge in [0.2, 0.25) is 5.91 Å². The van der Waals surface area contributed by atoms with Gasteiger partial charge in [-0.1, -0.05) is 19.8 Å². The van der Waals surface area contributed by atoms with Crippen molar-refractivity contribution in [2.24, 2.45) is 5.92 Å². The molecule has 0 saturated carbocycles. The fourth-order valence-electron chi connectivity index (χ4n) is 4.01. The van der Waals surface area contributed by atoms with E-state index in [1.165, 1.54) is 11.8 Å². The number of hydrogen-bond donors (Lipinski definition) is 4. The summed E-state index contributed by atoms with van der Waals surface area (Å²) in [5, 5.41) is 33.0. The molecule has 2 fully saturated rings. The van der Waals surface area contributed by atoms with Crippen molar-refractivity contribution in [1.29, 1.82) is 0 Å². The Morgan fingerprint density at radius 2 is 2.00 bits per heavy atom. The van der Waals surface area contributed by atoms with Gasteiger partial charge in [-0.3, -0.25) is 9.69 Å². The fourth-order valence-corrected chi connectivity index (χ4v) is 4.89. The topological polar surface area (TPSA) is 102 Å². The van der Waals surface area contributed by atoms with E-state index in [4.69, 9.17) is 16.3 Å². The quantitative estimate of drug-likeness (QED) is 0.418. The first-order valence-corrected chi connectivity index (χ1v) is 11.3. The number of likely N-dealkylation sites (N-methyl/N-ethyl adjacent to an activating group) is 1. The number of hydrogen-bond acceptors (Lipinski definition) is 7. The molecule has 2 saturated heterocycles. The third-order valence-electron chi connectivity index (χ3n) is 5.64. The second kappa shape index (κ2) is 10.1. The van der Waals surface area contributed by atoms with E-state index in [2.05, 4.69) is 12.2 Å². The van der Waals surface area contributed by atoms with E-state index in [-0.39, 0.29) is 11.9 Å². The van der Waals surface area contributed by atoms with Crippen molar-refractivity contribution in [3.63, 3.8) is 0 Å². The van der Waals surface area contributed by atoms with Crippen LogP contribution in [0.1, 0.15) is 33.1 Å². The molecule has 0 aromatic carbocycles. The average Bonchev–Trinajstić information content (AvgIpc) is 2.61. The number of unbranched alkanes of at least 4 members (excludes halogenated alkanes) is 1. The molecule has 0 radical (unpaired) electrons. The Kier molecular flexibility index (Phi) is 8.67. The molecule has 1 amide bonds. The molecular formula is C18H33ClN2O5S. The van der Waals surface area contributed by atoms with Gasteiger partial charge in [0, 0.05) is 6.54 Å². The predicted octanol–water partition coefficient (Wildman–Crippen LogP) is 0.390. The molecule has 2 rings (SSSR count). The summed E-state index contributed by atoms with van der Waals surface area (Å²) >= 11 is 7.55. The minimum atomic E-state index is -1.36. The Labute approximate surface area is 170 Å². The van der Waals surface area contributed by atoms with Crippen molar-refractivity contribution in [3.8, 4) is 0 Å². The normalized spacial score (nSPS) is 39.5. The third-order valence-corrected chi connectivity index (χ3v) is 6.76. The summed E-state index contributed by atoms with van der Waals surface area (Å²) in [5.41, 5.74) is -0.702. The number of likely N-dealkylation sites (tertiary alicyclic amines) is 1. The maximum Gasteiger partial charge on any atom is 0.238 e. The number of halogens is 1. The van der Waals surface area contributed by atoms with Crippen LogP contribution in [0.4, 0.5) is 0 Å². The smallest absolute Gasteiger partial charge is 0.238 e. The van der Waals surface area contributed by atoms with Gasteiger partial charge < -0.3 is 25.4 Å². The monoisotopic (exact) mass is 424 g/mol. The van der Waals surface area contributed by atoms with Gasteiger partial charge >= 0.3 is 0 Å². The highest BCUT2D eigenvalue weighted by molar-refractivity contribution is 7.99. The van der Waals surface area contributed by atoms with Crippen molar-refractivity contribution in [1.82, 2.24) is 10.2 Å². The largest absolute Gasteiger partial charge is 0.388 e. The molecule has 158 valence electrons. The molecule has 7 nitrogen and oxygen atoms in total. The second-order valence-electron chi connectivity index (χ2n) is 7.68. The molecule has 2 heterocycles. The zero-order chi connectivity index (χ0) is 20.3. The van der Waals surface area contributed by atoms with Crippen molar-refractivity contribution >= 4 is 29.3 Å². The molecule has 9 atom stereocenters. The van der Waals surface area contributed by atoms with Gasteiger partial charge in [-0.2, -0.15) is 0 Å². The highest BCUT2D eigenvalue weighted by Gasteiger charge is 2.49. The Morgan fingerprint density at radius 3 is 2.52 bits per heavy atom. The van der Waals surface area contributed by atoms with E-state index in [0.717, 1.165) is 25.8 Å². The van der Waals surface area contributed by atoms with Crippen LogP contribution in [0.2, 0.25) is 0 Å². The molecule has 0 spiro atoms. The fraction of sp³-hybridized carbons (Fsp3) is 0.944. The molecule has 4 N–H and O–H groups in total. The van der Waals surface area contributed by atoms with Crippen LogP contribution in [-0.2, 0) is 9.53 Å². The van der Waals surface area contributed by atoms with Crippen LogP contribution < -0.4 is 5.32 Å². The van der Waals surface area contributed by atoms with Gasteiger partial charge in [-0.05, 0) is 32.6 Å². The van der Waals surface area contributed by atoms with Crippen molar-refractivity contribution in [3.05, 3.63) is 0 Å². The van der Waals surface area contributed by atoms with Crippen molar-refractivity contribution in [2.75, 3.05) is 19.8 Å². The number of thioether (sulfide) groups is 1. The molecule has 27 heavy (non-hydrogen) atoms. The summed E-state index contributed by atoms with van der Waals surface area (Å²) in [7, 11) is 1.92. The lowest BCUT2D eigenvalue weighted by Gasteiger charge is -2.47. The zero-order valence-electron chi connectivity index (χ0n) is 16.4. The molecule has 0 aromatic heterocycles. The van der Waals surface area contributed by atoms with E-state index in [9.17, 15) is 20.1 Å². The van der Waals surface area contributed by atoms with Gasteiger partial charge in [0.05, 0.1) is 17.5 Å². The highest BCUT2D eigenvalue weighted by atomic mass is 35.5. The predicted molar refractivity (Wildman–Crippen MR) is 107 cm³/mol. The van der Waals surface area contributed by atoms with Crippen LogP contribution in [0.5, 0.6) is 0 Å². The van der Waals surface area contributed by atoms with Crippen LogP contribution in [0.15, 0.2) is 0 Å². The molecule has 9 heteroatoms. The number of ether oxygens (including phenoxy) is 1. The summed E-state index contributed by atoms with van der Waals surface area (Å²) in [4.78, 5) is 14.9. The number of alkyl halides is 1. The molecule has 0 aromatic rings. The van der Waals surface area contributed by atoms with Crippen LogP contribution >= 0.6 is 23.4 Å². The number of aliphatic hydroxyl groups is 3. The van der Waals surface area contributed by atoms with Gasteiger partial charge in [-0.15, -0.1) is 23.4 Å². The maximum atomic E-state index is 12.9. The van der Waals surface area contributed by atoms with Gasteiger partial charge in [0.15, 0.2) is 0 Å².